The highest BCUT2D eigenvalue weighted by Gasteiger charge is 2.39. The second-order valence-electron chi connectivity index (χ2n) is 3.60. The van der Waals surface area contributed by atoms with Crippen LogP contribution in [0.3, 0.4) is 0 Å². The molecule has 0 spiro atoms. The molecule has 0 unspecified atom stereocenters. The van der Waals surface area contributed by atoms with E-state index in [1.807, 2.05) is 16.9 Å². The van der Waals surface area contributed by atoms with Crippen molar-refractivity contribution in [3.63, 3.8) is 0 Å². The Morgan fingerprint density at radius 3 is 2.92 bits per heavy atom. The monoisotopic (exact) mass is 166 g/mol. The molecule has 1 N–H and O–H groups in total. The number of hydrogen-bond donors (Lipinski definition) is 1. The van der Waals surface area contributed by atoms with Gasteiger partial charge in [-0.3, -0.25) is 4.68 Å². The first kappa shape index (κ1) is 7.80. The summed E-state index contributed by atoms with van der Waals surface area (Å²) in [5.41, 5.74) is -0.298. The average Bonchev–Trinajstić information content (AvgIpc) is 2.61. The molecule has 0 aromatic carbocycles. The fourth-order valence-electron chi connectivity index (χ4n) is 1.40. The maximum absolute atomic E-state index is 9.53. The van der Waals surface area contributed by atoms with E-state index < -0.39 is 0 Å². The van der Waals surface area contributed by atoms with Gasteiger partial charge in [0.1, 0.15) is 0 Å². The van der Waals surface area contributed by atoms with Crippen LogP contribution in [0.25, 0.3) is 0 Å². The molecule has 2 rings (SSSR count). The van der Waals surface area contributed by atoms with Crippen molar-refractivity contribution in [2.45, 2.75) is 37.8 Å². The third-order valence-corrected chi connectivity index (χ3v) is 2.42. The standard InChI is InChI=1S/C9H14N2O/c12-9(4-5-9)3-1-7-11-8-2-6-10-11/h2,6,8,12H,1,3-5,7H2. The van der Waals surface area contributed by atoms with Crippen LogP contribution in [0.5, 0.6) is 0 Å². The fourth-order valence-corrected chi connectivity index (χ4v) is 1.40. The van der Waals surface area contributed by atoms with Crippen LogP contribution in [-0.4, -0.2) is 20.5 Å². The maximum Gasteiger partial charge on any atom is 0.0650 e. The van der Waals surface area contributed by atoms with E-state index in [2.05, 4.69) is 5.10 Å². The Balaban J connectivity index is 1.69. The van der Waals surface area contributed by atoms with Crippen molar-refractivity contribution in [2.75, 3.05) is 0 Å². The van der Waals surface area contributed by atoms with Crippen molar-refractivity contribution in [3.8, 4) is 0 Å². The molecule has 1 aromatic rings. The van der Waals surface area contributed by atoms with Crippen molar-refractivity contribution in [1.29, 1.82) is 0 Å². The summed E-state index contributed by atoms with van der Waals surface area (Å²) in [4.78, 5) is 0. The molecule has 0 bridgehead atoms. The number of nitrogens with zero attached hydrogens (tertiary/aromatic N) is 2. The van der Waals surface area contributed by atoms with Crippen LogP contribution in [0.4, 0.5) is 0 Å². The van der Waals surface area contributed by atoms with Gasteiger partial charge in [-0.2, -0.15) is 5.10 Å². The third kappa shape index (κ3) is 1.85. The number of aliphatic hydroxyl groups is 1. The number of hydrogen-bond acceptors (Lipinski definition) is 2. The molecule has 0 amide bonds. The first-order chi connectivity index (χ1) is 5.79. The number of aromatic nitrogens is 2. The van der Waals surface area contributed by atoms with Gasteiger partial charge >= 0.3 is 0 Å². The van der Waals surface area contributed by atoms with Gasteiger partial charge in [0.2, 0.25) is 0 Å². The fraction of sp³-hybridized carbons (Fsp3) is 0.667. The van der Waals surface area contributed by atoms with E-state index in [-0.39, 0.29) is 5.60 Å². The van der Waals surface area contributed by atoms with E-state index in [9.17, 15) is 5.11 Å². The molecule has 3 heteroatoms. The van der Waals surface area contributed by atoms with Gasteiger partial charge in [-0.25, -0.2) is 0 Å². The minimum atomic E-state index is -0.298. The molecule has 1 aliphatic carbocycles. The highest BCUT2D eigenvalue weighted by atomic mass is 16.3. The zero-order valence-electron chi connectivity index (χ0n) is 7.11. The Morgan fingerprint density at radius 1 is 1.50 bits per heavy atom. The van der Waals surface area contributed by atoms with Gasteiger partial charge in [-0.1, -0.05) is 0 Å². The quantitative estimate of drug-likeness (QED) is 0.729. The highest BCUT2D eigenvalue weighted by Crippen LogP contribution is 2.39. The summed E-state index contributed by atoms with van der Waals surface area (Å²) < 4.78 is 1.91. The Kier molecular flexibility index (Phi) is 1.89. The zero-order valence-corrected chi connectivity index (χ0v) is 7.11. The SMILES string of the molecule is OC1(CCCn2cccn2)CC1. The summed E-state index contributed by atoms with van der Waals surface area (Å²) in [6.45, 7) is 0.926. The minimum absolute atomic E-state index is 0.298. The van der Waals surface area contributed by atoms with Crippen LogP contribution in [0.1, 0.15) is 25.7 Å². The van der Waals surface area contributed by atoms with E-state index >= 15 is 0 Å². The van der Waals surface area contributed by atoms with Crippen LogP contribution in [0, 0.1) is 0 Å². The molecular weight excluding hydrogens is 152 g/mol. The molecule has 3 nitrogen and oxygen atoms in total. The Morgan fingerprint density at radius 2 is 2.33 bits per heavy atom. The Labute approximate surface area is 72.0 Å². The molecule has 0 saturated heterocycles. The summed E-state index contributed by atoms with van der Waals surface area (Å²) in [5.74, 6) is 0. The van der Waals surface area contributed by atoms with Gasteiger partial charge in [0.25, 0.3) is 0 Å². The molecule has 12 heavy (non-hydrogen) atoms. The summed E-state index contributed by atoms with van der Waals surface area (Å²) in [6, 6.07) is 1.92. The van der Waals surface area contributed by atoms with Gasteiger partial charge in [0.15, 0.2) is 0 Å². The first-order valence-electron chi connectivity index (χ1n) is 4.48. The second kappa shape index (κ2) is 2.90. The minimum Gasteiger partial charge on any atom is -0.390 e. The molecule has 66 valence electrons. The zero-order chi connectivity index (χ0) is 8.44. The number of rotatable bonds is 4. The van der Waals surface area contributed by atoms with Crippen molar-refractivity contribution >= 4 is 0 Å². The lowest BCUT2D eigenvalue weighted by molar-refractivity contribution is 0.135. The van der Waals surface area contributed by atoms with Crippen LogP contribution in [0.2, 0.25) is 0 Å². The van der Waals surface area contributed by atoms with Crippen LogP contribution < -0.4 is 0 Å². The van der Waals surface area contributed by atoms with E-state index in [1.54, 1.807) is 6.20 Å². The summed E-state index contributed by atoms with van der Waals surface area (Å²) in [6.07, 6.45) is 7.67. The molecule has 1 fully saturated rings. The molecule has 0 aliphatic heterocycles. The lowest BCUT2D eigenvalue weighted by Crippen LogP contribution is -2.08. The maximum atomic E-state index is 9.53. The van der Waals surface area contributed by atoms with Crippen LogP contribution >= 0.6 is 0 Å². The molecule has 1 heterocycles. The van der Waals surface area contributed by atoms with Gasteiger partial charge in [-0.05, 0) is 31.7 Å². The predicted molar refractivity (Wildman–Crippen MR) is 45.6 cm³/mol. The third-order valence-electron chi connectivity index (χ3n) is 2.42. The first-order valence-corrected chi connectivity index (χ1v) is 4.48. The molecule has 1 aromatic heterocycles. The molecule has 1 aliphatic rings. The van der Waals surface area contributed by atoms with E-state index in [0.717, 1.165) is 32.2 Å². The summed E-state index contributed by atoms with van der Waals surface area (Å²) in [5, 5.41) is 13.6. The average molecular weight is 166 g/mol. The predicted octanol–water partition coefficient (Wildman–Crippen LogP) is 1.19. The molecule has 0 atom stereocenters. The normalized spacial score (nSPS) is 19.4. The van der Waals surface area contributed by atoms with Gasteiger partial charge < -0.3 is 5.11 Å². The Bertz CT molecular complexity index is 239. The lowest BCUT2D eigenvalue weighted by atomic mass is 10.2. The van der Waals surface area contributed by atoms with Crippen molar-refractivity contribution < 1.29 is 5.11 Å². The lowest BCUT2D eigenvalue weighted by Gasteiger charge is -2.06. The van der Waals surface area contributed by atoms with E-state index in [0.29, 0.717) is 0 Å². The van der Waals surface area contributed by atoms with E-state index in [4.69, 9.17) is 0 Å². The van der Waals surface area contributed by atoms with Gasteiger partial charge in [0, 0.05) is 18.9 Å². The summed E-state index contributed by atoms with van der Waals surface area (Å²) >= 11 is 0. The molecular formula is C9H14N2O. The molecule has 1 saturated carbocycles. The van der Waals surface area contributed by atoms with Gasteiger partial charge in [-0.15, -0.1) is 0 Å². The van der Waals surface area contributed by atoms with Crippen LogP contribution in [-0.2, 0) is 6.54 Å². The largest absolute Gasteiger partial charge is 0.390 e. The highest BCUT2D eigenvalue weighted by molar-refractivity contribution is 4.92. The van der Waals surface area contributed by atoms with Crippen molar-refractivity contribution in [3.05, 3.63) is 18.5 Å². The smallest absolute Gasteiger partial charge is 0.0650 e. The van der Waals surface area contributed by atoms with Crippen molar-refractivity contribution in [1.82, 2.24) is 9.78 Å². The van der Waals surface area contributed by atoms with E-state index in [1.165, 1.54) is 0 Å². The topological polar surface area (TPSA) is 38.0 Å². The summed E-state index contributed by atoms with van der Waals surface area (Å²) in [7, 11) is 0. The van der Waals surface area contributed by atoms with Crippen LogP contribution in [0.15, 0.2) is 18.5 Å². The number of aryl methyl sites for hydroxylation is 1. The van der Waals surface area contributed by atoms with Crippen molar-refractivity contribution in [2.24, 2.45) is 0 Å². The molecule has 0 radical (unpaired) electrons. The second-order valence-corrected chi connectivity index (χ2v) is 3.60. The van der Waals surface area contributed by atoms with Gasteiger partial charge in [0.05, 0.1) is 5.60 Å². The Hall–Kier alpha value is -0.830.